The number of amides is 1. The number of rotatable bonds is 2. The molecule has 0 spiro atoms. The predicted octanol–water partition coefficient (Wildman–Crippen LogP) is 3.61. The van der Waals surface area contributed by atoms with Gasteiger partial charge in [0.2, 0.25) is 5.91 Å². The number of hydrogen-bond acceptors (Lipinski definition) is 5. The first-order valence-corrected chi connectivity index (χ1v) is 10.7. The Labute approximate surface area is 181 Å². The minimum atomic E-state index is 0.0173. The van der Waals surface area contributed by atoms with Crippen molar-refractivity contribution in [3.05, 3.63) is 83.7 Å². The number of ether oxygens (including phenoxy) is 1. The van der Waals surface area contributed by atoms with Crippen LogP contribution in [0.2, 0.25) is 0 Å². The van der Waals surface area contributed by atoms with Crippen LogP contribution in [0.25, 0.3) is 0 Å². The van der Waals surface area contributed by atoms with E-state index in [1.54, 1.807) is 6.07 Å². The summed E-state index contributed by atoms with van der Waals surface area (Å²) in [4.78, 5) is 19.5. The molecular weight excluding hydrogens is 390 g/mol. The first-order chi connectivity index (χ1) is 15.1. The minimum absolute atomic E-state index is 0.0173. The van der Waals surface area contributed by atoms with Crippen LogP contribution in [0.15, 0.2) is 66.9 Å². The molecule has 3 heterocycles. The third-order valence-electron chi connectivity index (χ3n) is 6.03. The molecule has 158 valence electrons. The number of carbonyl (C=O) groups excluding carboxylic acids is 1. The van der Waals surface area contributed by atoms with Crippen molar-refractivity contribution in [1.29, 1.82) is 0 Å². The number of nitrogens with one attached hydrogen (secondary N) is 1. The van der Waals surface area contributed by atoms with Crippen molar-refractivity contribution < 1.29 is 14.6 Å². The molecule has 5 rings (SSSR count). The van der Waals surface area contributed by atoms with Crippen LogP contribution in [0.3, 0.4) is 0 Å². The lowest BCUT2D eigenvalue weighted by molar-refractivity contribution is -0.121. The van der Waals surface area contributed by atoms with Crippen molar-refractivity contribution in [2.75, 3.05) is 13.1 Å². The number of carbonyl (C=O) groups is 1. The normalized spacial score (nSPS) is 21.1. The molecule has 0 aliphatic carbocycles. The van der Waals surface area contributed by atoms with Gasteiger partial charge in [0.15, 0.2) is 11.5 Å². The van der Waals surface area contributed by atoms with Gasteiger partial charge in [-0.15, -0.1) is 0 Å². The average molecular weight is 415 g/mol. The molecule has 1 amide bonds. The maximum Gasteiger partial charge on any atom is 0.220 e. The second-order valence-corrected chi connectivity index (χ2v) is 8.27. The highest BCUT2D eigenvalue weighted by Crippen LogP contribution is 2.35. The fourth-order valence-electron chi connectivity index (χ4n) is 4.49. The first kappa shape index (κ1) is 19.6. The second-order valence-electron chi connectivity index (χ2n) is 8.27. The molecule has 1 aromatic heterocycles. The second kappa shape index (κ2) is 8.40. The van der Waals surface area contributed by atoms with Gasteiger partial charge in [0.25, 0.3) is 0 Å². The van der Waals surface area contributed by atoms with Gasteiger partial charge in [0.1, 0.15) is 5.75 Å². The Balaban J connectivity index is 1.46. The molecule has 0 unspecified atom stereocenters. The van der Waals surface area contributed by atoms with E-state index in [1.807, 2.05) is 54.7 Å². The smallest absolute Gasteiger partial charge is 0.220 e. The van der Waals surface area contributed by atoms with Crippen LogP contribution in [-0.2, 0) is 17.8 Å². The van der Waals surface area contributed by atoms with Crippen molar-refractivity contribution in [3.8, 4) is 17.2 Å². The number of likely N-dealkylation sites (tertiary alicyclic amines) is 1. The summed E-state index contributed by atoms with van der Waals surface area (Å²) in [5.41, 5.74) is 3.09. The van der Waals surface area contributed by atoms with Gasteiger partial charge >= 0.3 is 0 Å². The van der Waals surface area contributed by atoms with Crippen LogP contribution in [0.5, 0.6) is 17.2 Å². The van der Waals surface area contributed by atoms with Crippen LogP contribution in [0.4, 0.5) is 0 Å². The third kappa shape index (κ3) is 4.39. The molecular formula is C25H25N3O3. The molecule has 3 aromatic rings. The molecule has 2 aromatic carbocycles. The Hall–Kier alpha value is -3.38. The lowest BCUT2D eigenvalue weighted by atomic mass is 9.94. The van der Waals surface area contributed by atoms with Crippen molar-refractivity contribution in [3.63, 3.8) is 0 Å². The zero-order valence-corrected chi connectivity index (χ0v) is 17.2. The highest BCUT2D eigenvalue weighted by atomic mass is 16.5. The number of benzene rings is 2. The molecule has 0 saturated carbocycles. The van der Waals surface area contributed by atoms with Gasteiger partial charge in [-0.1, -0.05) is 24.3 Å². The number of pyridine rings is 1. The summed E-state index contributed by atoms with van der Waals surface area (Å²) in [5.74, 6) is 1.37. The quantitative estimate of drug-likeness (QED) is 0.669. The molecule has 1 fully saturated rings. The summed E-state index contributed by atoms with van der Waals surface area (Å²) in [6.07, 6.45) is 2.80. The molecule has 2 aliphatic rings. The Morgan fingerprint density at radius 1 is 1.06 bits per heavy atom. The van der Waals surface area contributed by atoms with E-state index in [-0.39, 0.29) is 23.6 Å². The Bertz CT molecular complexity index is 1090. The summed E-state index contributed by atoms with van der Waals surface area (Å²) >= 11 is 0. The highest BCUT2D eigenvalue weighted by molar-refractivity contribution is 5.76. The Morgan fingerprint density at radius 3 is 2.87 bits per heavy atom. The van der Waals surface area contributed by atoms with E-state index in [9.17, 15) is 9.90 Å². The van der Waals surface area contributed by atoms with Gasteiger partial charge in [0, 0.05) is 44.2 Å². The molecule has 0 radical (unpaired) electrons. The van der Waals surface area contributed by atoms with Gasteiger partial charge in [-0.3, -0.25) is 14.7 Å². The van der Waals surface area contributed by atoms with Crippen molar-refractivity contribution >= 4 is 5.91 Å². The number of aromatic nitrogens is 1. The topological polar surface area (TPSA) is 74.7 Å². The SMILES string of the molecule is O=C1CCc2ccc(O)c(c2)Oc2cccc(c2)[C@@H]2CN(Cc3ccccn3)C[C@H]2N1. The zero-order valence-electron chi connectivity index (χ0n) is 17.2. The van der Waals surface area contributed by atoms with Crippen LogP contribution < -0.4 is 10.1 Å². The number of aromatic hydroxyl groups is 1. The van der Waals surface area contributed by atoms with Crippen LogP contribution in [0, 0.1) is 0 Å². The number of aryl methyl sites for hydroxylation is 1. The number of phenolic OH excluding ortho intramolecular Hbond substituents is 1. The molecule has 2 atom stereocenters. The van der Waals surface area contributed by atoms with E-state index in [1.165, 1.54) is 0 Å². The lowest BCUT2D eigenvalue weighted by Gasteiger charge is -2.20. The average Bonchev–Trinajstić information content (AvgIpc) is 3.16. The van der Waals surface area contributed by atoms with E-state index < -0.39 is 0 Å². The predicted molar refractivity (Wildman–Crippen MR) is 117 cm³/mol. The standard InChI is InChI=1S/C25H25N3O3/c29-23-9-7-17-8-10-25(30)27-22-16-28(14-19-5-1-2-11-26-19)15-21(22)18-4-3-6-20(13-18)31-24(23)12-17/h1-7,9,11-13,21-22,29H,8,10,14-16H2,(H,27,30)/t21-,22+/m0/s1. The van der Waals surface area contributed by atoms with E-state index in [0.29, 0.717) is 24.3 Å². The molecule has 6 nitrogen and oxygen atoms in total. The minimum Gasteiger partial charge on any atom is -0.504 e. The molecule has 6 heteroatoms. The number of fused-ring (bicyclic) bond motifs is 6. The van der Waals surface area contributed by atoms with E-state index >= 15 is 0 Å². The largest absolute Gasteiger partial charge is 0.504 e. The summed E-state index contributed by atoms with van der Waals surface area (Å²) in [6.45, 7) is 2.34. The highest BCUT2D eigenvalue weighted by Gasteiger charge is 2.35. The van der Waals surface area contributed by atoms with E-state index in [0.717, 1.165) is 36.5 Å². The van der Waals surface area contributed by atoms with Crippen LogP contribution in [0.1, 0.15) is 29.2 Å². The maximum absolute atomic E-state index is 12.8. The fraction of sp³-hybridized carbons (Fsp3) is 0.280. The molecule has 2 aliphatic heterocycles. The van der Waals surface area contributed by atoms with Crippen molar-refractivity contribution in [2.45, 2.75) is 31.3 Å². The third-order valence-corrected chi connectivity index (χ3v) is 6.03. The fourth-order valence-corrected chi connectivity index (χ4v) is 4.49. The van der Waals surface area contributed by atoms with E-state index in [2.05, 4.69) is 21.3 Å². The van der Waals surface area contributed by atoms with Gasteiger partial charge in [-0.2, -0.15) is 0 Å². The number of phenols is 1. The summed E-state index contributed by atoms with van der Waals surface area (Å²) < 4.78 is 6.02. The lowest BCUT2D eigenvalue weighted by Crippen LogP contribution is -2.39. The molecule has 1 saturated heterocycles. The summed E-state index contributed by atoms with van der Waals surface area (Å²) in [6, 6.07) is 19.2. The zero-order chi connectivity index (χ0) is 21.2. The van der Waals surface area contributed by atoms with E-state index in [4.69, 9.17) is 4.74 Å². The molecule has 2 N–H and O–H groups in total. The van der Waals surface area contributed by atoms with Gasteiger partial charge in [-0.25, -0.2) is 0 Å². The Kier molecular flexibility index (Phi) is 5.30. The monoisotopic (exact) mass is 415 g/mol. The number of nitrogens with zero attached hydrogens (tertiary/aromatic N) is 2. The van der Waals surface area contributed by atoms with Crippen molar-refractivity contribution in [2.24, 2.45) is 0 Å². The first-order valence-electron chi connectivity index (χ1n) is 10.7. The maximum atomic E-state index is 12.8. The summed E-state index contributed by atoms with van der Waals surface area (Å²) in [7, 11) is 0. The van der Waals surface area contributed by atoms with Crippen LogP contribution >= 0.6 is 0 Å². The van der Waals surface area contributed by atoms with Gasteiger partial charge < -0.3 is 15.2 Å². The van der Waals surface area contributed by atoms with Crippen LogP contribution in [-0.4, -0.2) is 40.0 Å². The Morgan fingerprint density at radius 2 is 2.00 bits per heavy atom. The van der Waals surface area contributed by atoms with Gasteiger partial charge in [-0.05, 0) is 53.9 Å². The molecule has 31 heavy (non-hydrogen) atoms. The summed E-state index contributed by atoms with van der Waals surface area (Å²) in [5, 5.41) is 13.5. The molecule has 4 bridgehead atoms. The van der Waals surface area contributed by atoms with Crippen molar-refractivity contribution in [1.82, 2.24) is 15.2 Å². The van der Waals surface area contributed by atoms with Gasteiger partial charge in [0.05, 0.1) is 5.69 Å². The number of hydrogen-bond donors (Lipinski definition) is 2.